The third-order valence-corrected chi connectivity index (χ3v) is 5.57. The van der Waals surface area contributed by atoms with Crippen LogP contribution in [0.2, 0.25) is 5.02 Å². The van der Waals surface area contributed by atoms with Crippen LogP contribution in [0, 0.1) is 10.1 Å². The maximum atomic E-state index is 12.4. The summed E-state index contributed by atoms with van der Waals surface area (Å²) in [6, 6.07) is 19.5. The van der Waals surface area contributed by atoms with E-state index in [1.807, 2.05) is 12.1 Å². The average Bonchev–Trinajstić information content (AvgIpc) is 2.75. The Morgan fingerprint density at radius 2 is 1.58 bits per heavy atom. The van der Waals surface area contributed by atoms with Crippen LogP contribution in [0.3, 0.4) is 0 Å². The maximum Gasteiger partial charge on any atom is 0.269 e. The summed E-state index contributed by atoms with van der Waals surface area (Å²) in [5.74, 6) is -0.490. The molecule has 0 aromatic heterocycles. The SMILES string of the molecule is CC(Sc1ccc(NC(=O)c2cccc(Cl)c2)cc1)C(=O)Nc1ccc([N+](=O)[O-])cc1. The Hall–Kier alpha value is -3.36. The topological polar surface area (TPSA) is 101 Å². The van der Waals surface area contributed by atoms with Crippen molar-refractivity contribution in [2.75, 3.05) is 10.6 Å². The minimum absolute atomic E-state index is 0.0389. The van der Waals surface area contributed by atoms with Crippen LogP contribution >= 0.6 is 23.4 Å². The number of nitrogens with zero attached hydrogens (tertiary/aromatic N) is 1. The number of non-ortho nitro benzene ring substituents is 1. The van der Waals surface area contributed by atoms with Crippen LogP contribution in [-0.4, -0.2) is 22.0 Å². The van der Waals surface area contributed by atoms with E-state index in [-0.39, 0.29) is 17.5 Å². The molecule has 1 unspecified atom stereocenters. The van der Waals surface area contributed by atoms with Crippen molar-refractivity contribution in [2.24, 2.45) is 0 Å². The lowest BCUT2D eigenvalue weighted by atomic mass is 10.2. The number of benzene rings is 3. The van der Waals surface area contributed by atoms with Crippen molar-refractivity contribution in [1.29, 1.82) is 0 Å². The molecule has 0 aliphatic carbocycles. The number of thioether (sulfide) groups is 1. The van der Waals surface area contributed by atoms with Crippen molar-refractivity contribution in [3.63, 3.8) is 0 Å². The van der Waals surface area contributed by atoms with E-state index < -0.39 is 10.2 Å². The third kappa shape index (κ3) is 6.31. The minimum atomic E-state index is -0.495. The van der Waals surface area contributed by atoms with E-state index in [2.05, 4.69) is 10.6 Å². The summed E-state index contributed by atoms with van der Waals surface area (Å²) in [5.41, 5.74) is 1.53. The van der Waals surface area contributed by atoms with Crippen LogP contribution in [0.1, 0.15) is 17.3 Å². The highest BCUT2D eigenvalue weighted by molar-refractivity contribution is 8.00. The lowest BCUT2D eigenvalue weighted by Gasteiger charge is -2.12. The van der Waals surface area contributed by atoms with Crippen molar-refractivity contribution in [1.82, 2.24) is 0 Å². The van der Waals surface area contributed by atoms with Crippen molar-refractivity contribution < 1.29 is 14.5 Å². The van der Waals surface area contributed by atoms with Gasteiger partial charge in [0.15, 0.2) is 0 Å². The number of carbonyl (C=O) groups is 2. The molecule has 0 bridgehead atoms. The van der Waals surface area contributed by atoms with E-state index >= 15 is 0 Å². The normalized spacial score (nSPS) is 11.4. The summed E-state index contributed by atoms with van der Waals surface area (Å²) in [7, 11) is 0. The molecule has 3 rings (SSSR count). The fraction of sp³-hybridized carbons (Fsp3) is 0.0909. The van der Waals surface area contributed by atoms with E-state index in [1.165, 1.54) is 36.0 Å². The van der Waals surface area contributed by atoms with Gasteiger partial charge in [-0.1, -0.05) is 17.7 Å². The van der Waals surface area contributed by atoms with Gasteiger partial charge in [-0.05, 0) is 61.5 Å². The standard InChI is InChI=1S/C22H18ClN3O4S/c1-14(21(27)24-17-5-9-19(10-6-17)26(29)30)31-20-11-7-18(8-12-20)25-22(28)15-3-2-4-16(23)13-15/h2-14H,1H3,(H,24,27)(H,25,28). The highest BCUT2D eigenvalue weighted by Crippen LogP contribution is 2.26. The third-order valence-electron chi connectivity index (χ3n) is 4.23. The molecule has 7 nitrogen and oxygen atoms in total. The molecule has 0 heterocycles. The van der Waals surface area contributed by atoms with E-state index in [9.17, 15) is 19.7 Å². The predicted octanol–water partition coefficient (Wildman–Crippen LogP) is 5.62. The van der Waals surface area contributed by atoms with Gasteiger partial charge in [-0.3, -0.25) is 19.7 Å². The van der Waals surface area contributed by atoms with Gasteiger partial charge in [0.2, 0.25) is 5.91 Å². The lowest BCUT2D eigenvalue weighted by Crippen LogP contribution is -2.22. The Labute approximate surface area is 188 Å². The molecular formula is C22H18ClN3O4S. The Morgan fingerprint density at radius 3 is 2.19 bits per heavy atom. The second-order valence-corrected chi connectivity index (χ2v) is 8.39. The summed E-state index contributed by atoms with van der Waals surface area (Å²) >= 11 is 7.27. The van der Waals surface area contributed by atoms with Gasteiger partial charge in [-0.15, -0.1) is 11.8 Å². The highest BCUT2D eigenvalue weighted by Gasteiger charge is 2.15. The Balaban J connectivity index is 1.55. The van der Waals surface area contributed by atoms with Gasteiger partial charge in [0.25, 0.3) is 11.6 Å². The number of rotatable bonds is 7. The van der Waals surface area contributed by atoms with Crippen LogP contribution in [-0.2, 0) is 4.79 Å². The summed E-state index contributed by atoms with van der Waals surface area (Å²) in [6.45, 7) is 1.76. The number of amides is 2. The molecule has 1 atom stereocenters. The number of hydrogen-bond donors (Lipinski definition) is 2. The van der Waals surface area contributed by atoms with Crippen LogP contribution in [0.25, 0.3) is 0 Å². The van der Waals surface area contributed by atoms with Gasteiger partial charge in [0.1, 0.15) is 0 Å². The van der Waals surface area contributed by atoms with Gasteiger partial charge >= 0.3 is 0 Å². The zero-order valence-electron chi connectivity index (χ0n) is 16.4. The second kappa shape index (κ2) is 10.1. The van der Waals surface area contributed by atoms with Crippen molar-refractivity contribution in [3.05, 3.63) is 93.5 Å². The number of halogens is 1. The molecule has 31 heavy (non-hydrogen) atoms. The van der Waals surface area contributed by atoms with E-state index in [4.69, 9.17) is 11.6 Å². The Kier molecular flexibility index (Phi) is 7.28. The van der Waals surface area contributed by atoms with Crippen LogP contribution in [0.4, 0.5) is 17.1 Å². The smallest absolute Gasteiger partial charge is 0.269 e. The molecule has 0 fully saturated rings. The van der Waals surface area contributed by atoms with E-state index in [1.54, 1.807) is 43.3 Å². The first-order valence-electron chi connectivity index (χ1n) is 9.21. The number of carbonyl (C=O) groups excluding carboxylic acids is 2. The lowest BCUT2D eigenvalue weighted by molar-refractivity contribution is -0.384. The molecule has 0 aliphatic rings. The van der Waals surface area contributed by atoms with Crippen molar-refractivity contribution in [3.8, 4) is 0 Å². The molecule has 9 heteroatoms. The van der Waals surface area contributed by atoms with Gasteiger partial charge in [-0.25, -0.2) is 0 Å². The van der Waals surface area contributed by atoms with E-state index in [0.29, 0.717) is 22.0 Å². The summed E-state index contributed by atoms with van der Waals surface area (Å²) in [6.07, 6.45) is 0. The Bertz CT molecular complexity index is 1100. The zero-order valence-corrected chi connectivity index (χ0v) is 17.9. The molecule has 0 saturated carbocycles. The van der Waals surface area contributed by atoms with Gasteiger partial charge in [0, 0.05) is 39.0 Å². The number of nitro benzene ring substituents is 1. The van der Waals surface area contributed by atoms with Gasteiger partial charge < -0.3 is 10.6 Å². The Morgan fingerprint density at radius 1 is 0.968 bits per heavy atom. The average molecular weight is 456 g/mol. The predicted molar refractivity (Wildman–Crippen MR) is 123 cm³/mol. The number of anilines is 2. The summed E-state index contributed by atoms with van der Waals surface area (Å²) in [5, 5.41) is 16.3. The molecule has 3 aromatic carbocycles. The first-order chi connectivity index (χ1) is 14.8. The molecule has 0 radical (unpaired) electrons. The quantitative estimate of drug-likeness (QED) is 0.273. The molecular weight excluding hydrogens is 438 g/mol. The van der Waals surface area contributed by atoms with Crippen LogP contribution in [0.15, 0.2) is 77.7 Å². The van der Waals surface area contributed by atoms with Crippen molar-refractivity contribution in [2.45, 2.75) is 17.1 Å². The molecule has 3 aromatic rings. The largest absolute Gasteiger partial charge is 0.325 e. The van der Waals surface area contributed by atoms with Crippen molar-refractivity contribution >= 4 is 52.2 Å². The molecule has 0 saturated heterocycles. The summed E-state index contributed by atoms with van der Waals surface area (Å²) in [4.78, 5) is 35.7. The van der Waals surface area contributed by atoms with Crippen LogP contribution in [0.5, 0.6) is 0 Å². The molecule has 2 N–H and O–H groups in total. The maximum absolute atomic E-state index is 12.4. The van der Waals surface area contributed by atoms with Crippen LogP contribution < -0.4 is 10.6 Å². The fourth-order valence-corrected chi connectivity index (χ4v) is 3.68. The molecule has 0 spiro atoms. The molecule has 0 aliphatic heterocycles. The molecule has 158 valence electrons. The number of hydrogen-bond acceptors (Lipinski definition) is 5. The first kappa shape index (κ1) is 22.3. The minimum Gasteiger partial charge on any atom is -0.325 e. The first-order valence-corrected chi connectivity index (χ1v) is 10.5. The van der Waals surface area contributed by atoms with E-state index in [0.717, 1.165) is 4.90 Å². The van der Waals surface area contributed by atoms with Gasteiger partial charge in [0.05, 0.1) is 10.2 Å². The monoisotopic (exact) mass is 455 g/mol. The number of nitro groups is 1. The second-order valence-electron chi connectivity index (χ2n) is 6.54. The fourth-order valence-electron chi connectivity index (χ4n) is 2.62. The molecule has 2 amide bonds. The van der Waals surface area contributed by atoms with Gasteiger partial charge in [-0.2, -0.15) is 0 Å². The highest BCUT2D eigenvalue weighted by atomic mass is 35.5. The number of nitrogens with one attached hydrogen (secondary N) is 2. The summed E-state index contributed by atoms with van der Waals surface area (Å²) < 4.78 is 0. The zero-order chi connectivity index (χ0) is 22.4.